The van der Waals surface area contributed by atoms with E-state index in [9.17, 15) is 29.7 Å². The van der Waals surface area contributed by atoms with Crippen molar-refractivity contribution in [3.05, 3.63) is 12.2 Å². The highest BCUT2D eigenvalue weighted by Crippen LogP contribution is 2.32. The van der Waals surface area contributed by atoms with E-state index in [0.29, 0.717) is 6.42 Å². The molecule has 0 amide bonds. The van der Waals surface area contributed by atoms with Crippen LogP contribution in [0.2, 0.25) is 0 Å². The Morgan fingerprint density at radius 2 is 0.762 bits per heavy atom. The molecule has 0 spiro atoms. The van der Waals surface area contributed by atoms with E-state index in [0.717, 1.165) is 25.7 Å². The fraction of sp³-hybridized carbons (Fsp3) is 0.857. The summed E-state index contributed by atoms with van der Waals surface area (Å²) < 4.78 is -0.402. The molecule has 0 saturated carbocycles. The molecule has 246 valence electrons. The number of aliphatic carboxylic acids is 3. The third kappa shape index (κ3) is 15.5. The zero-order chi connectivity index (χ0) is 31.6. The Balaban J connectivity index is 4.32. The first-order chi connectivity index (χ1) is 20.2. The van der Waals surface area contributed by atoms with Crippen LogP contribution in [-0.4, -0.2) is 62.4 Å². The first-order valence-electron chi connectivity index (χ1n) is 17.4. The molecule has 7 nitrogen and oxygen atoms in total. The number of hydrogen-bond donors (Lipinski definition) is 3. The van der Waals surface area contributed by atoms with Gasteiger partial charge in [0.15, 0.2) is 18.1 Å². The third-order valence-corrected chi connectivity index (χ3v) is 9.07. The zero-order valence-electron chi connectivity index (χ0n) is 27.7. The van der Waals surface area contributed by atoms with E-state index in [1.165, 1.54) is 89.9 Å². The summed E-state index contributed by atoms with van der Waals surface area (Å²) in [4.78, 5) is 36.8. The normalized spacial score (nSPS) is 15.3. The van der Waals surface area contributed by atoms with Crippen molar-refractivity contribution in [1.82, 2.24) is 0 Å². The van der Waals surface area contributed by atoms with Gasteiger partial charge in [0, 0.05) is 19.3 Å². The van der Waals surface area contributed by atoms with Crippen LogP contribution in [0.5, 0.6) is 0 Å². The maximum absolute atomic E-state index is 12.3. The first-order valence-corrected chi connectivity index (χ1v) is 17.4. The molecule has 0 saturated heterocycles. The Bertz CT molecular complexity index is 682. The molecule has 0 aromatic heterocycles. The van der Waals surface area contributed by atoms with E-state index in [1.54, 1.807) is 20.8 Å². The molecular weight excluding hydrogens is 530 g/mol. The van der Waals surface area contributed by atoms with Gasteiger partial charge >= 0.3 is 17.9 Å². The Morgan fingerprint density at radius 3 is 1.02 bits per heavy atom. The number of allylic oxidation sites excluding steroid dienone is 2. The van der Waals surface area contributed by atoms with Crippen LogP contribution >= 0.6 is 0 Å². The molecule has 0 heterocycles. The number of carboxylic acid groups (broad SMARTS) is 3. The molecule has 42 heavy (non-hydrogen) atoms. The van der Waals surface area contributed by atoms with Crippen molar-refractivity contribution >= 4 is 17.9 Å². The van der Waals surface area contributed by atoms with Crippen molar-refractivity contribution in [2.24, 2.45) is 0 Å². The highest BCUT2D eigenvalue weighted by atomic mass is 16.4. The number of quaternary nitrogens is 1. The van der Waals surface area contributed by atoms with Gasteiger partial charge in [-0.2, -0.15) is 0 Å². The summed E-state index contributed by atoms with van der Waals surface area (Å²) >= 11 is 0. The lowest BCUT2D eigenvalue weighted by atomic mass is 9.93. The fourth-order valence-corrected chi connectivity index (χ4v) is 6.86. The van der Waals surface area contributed by atoms with Gasteiger partial charge in [-0.15, -0.1) is 0 Å². The van der Waals surface area contributed by atoms with Crippen molar-refractivity contribution < 1.29 is 34.2 Å². The minimum atomic E-state index is -1.11. The number of carbonyl (C=O) groups is 3. The number of rotatable bonds is 30. The maximum atomic E-state index is 12.3. The van der Waals surface area contributed by atoms with Gasteiger partial charge in [-0.05, 0) is 32.1 Å². The first kappa shape index (κ1) is 40.1. The molecule has 0 aromatic rings. The standard InChI is InChI=1S/C35H65NO6/c1-5-9-10-11-12-13-14-15-16-17-18-19-20-21-22-23-24-25-26-27-28-29-36(30(6-2)33(37)38,31(7-3)34(39)40)32(8-4)35(41)42/h9-10,30-32H,5-8,11-29H2,1-4H3,(H2-,37,38,39,40,41,42)/p+1/b10-9+. The average molecular weight is 597 g/mol. The lowest BCUT2D eigenvalue weighted by Gasteiger charge is -2.49. The Labute approximate surface area is 257 Å². The van der Waals surface area contributed by atoms with Crippen LogP contribution < -0.4 is 0 Å². The fourth-order valence-electron chi connectivity index (χ4n) is 6.86. The van der Waals surface area contributed by atoms with Gasteiger partial charge in [0.1, 0.15) is 0 Å². The molecule has 0 aromatic carbocycles. The molecule has 0 rings (SSSR count). The molecule has 0 aliphatic carbocycles. The maximum Gasteiger partial charge on any atom is 0.362 e. The van der Waals surface area contributed by atoms with Crippen molar-refractivity contribution in [2.45, 2.75) is 187 Å². The minimum absolute atomic E-state index is 0.195. The second-order valence-corrected chi connectivity index (χ2v) is 12.2. The quantitative estimate of drug-likeness (QED) is 0.0433. The van der Waals surface area contributed by atoms with Gasteiger partial charge in [-0.25, -0.2) is 14.4 Å². The number of nitrogens with zero attached hydrogens (tertiary/aromatic N) is 1. The van der Waals surface area contributed by atoms with Crippen molar-refractivity contribution in [3.63, 3.8) is 0 Å². The van der Waals surface area contributed by atoms with Crippen LogP contribution in [0, 0.1) is 0 Å². The van der Waals surface area contributed by atoms with Gasteiger partial charge in [0.2, 0.25) is 0 Å². The van der Waals surface area contributed by atoms with E-state index >= 15 is 0 Å². The summed E-state index contributed by atoms with van der Waals surface area (Å²) in [5.41, 5.74) is 0. The predicted molar refractivity (Wildman–Crippen MR) is 173 cm³/mol. The van der Waals surface area contributed by atoms with Crippen LogP contribution in [0.3, 0.4) is 0 Å². The highest BCUT2D eigenvalue weighted by Gasteiger charge is 2.55. The highest BCUT2D eigenvalue weighted by molar-refractivity contribution is 5.78. The van der Waals surface area contributed by atoms with Crippen LogP contribution in [0.15, 0.2) is 12.2 Å². The van der Waals surface area contributed by atoms with E-state index in [-0.39, 0.29) is 25.8 Å². The topological polar surface area (TPSA) is 112 Å². The van der Waals surface area contributed by atoms with Crippen molar-refractivity contribution in [2.75, 3.05) is 6.54 Å². The number of hydrogen-bond acceptors (Lipinski definition) is 3. The summed E-state index contributed by atoms with van der Waals surface area (Å²) in [6, 6.07) is -3.18. The second-order valence-electron chi connectivity index (χ2n) is 12.2. The third-order valence-electron chi connectivity index (χ3n) is 9.07. The number of carboxylic acids is 3. The van der Waals surface area contributed by atoms with Gasteiger partial charge in [-0.3, -0.25) is 4.48 Å². The second kappa shape index (κ2) is 25.6. The van der Waals surface area contributed by atoms with E-state index in [4.69, 9.17) is 0 Å². The average Bonchev–Trinajstić information content (AvgIpc) is 2.94. The van der Waals surface area contributed by atoms with Gasteiger partial charge < -0.3 is 15.3 Å². The van der Waals surface area contributed by atoms with Crippen LogP contribution in [0.1, 0.15) is 169 Å². The van der Waals surface area contributed by atoms with E-state index in [1.807, 2.05) is 0 Å². The molecule has 0 bridgehead atoms. The summed E-state index contributed by atoms with van der Waals surface area (Å²) in [5.74, 6) is -3.34. The van der Waals surface area contributed by atoms with Crippen LogP contribution in [-0.2, 0) is 14.4 Å². The van der Waals surface area contributed by atoms with Crippen molar-refractivity contribution in [1.29, 1.82) is 0 Å². The lowest BCUT2D eigenvalue weighted by Crippen LogP contribution is -2.72. The molecule has 0 aliphatic heterocycles. The smallest absolute Gasteiger partial charge is 0.362 e. The molecular formula is C35H66NO6+. The zero-order valence-corrected chi connectivity index (χ0v) is 27.7. The number of unbranched alkanes of at least 4 members (excludes halogenated alkanes) is 17. The largest absolute Gasteiger partial charge is 0.477 e. The van der Waals surface area contributed by atoms with Crippen LogP contribution in [0.4, 0.5) is 0 Å². The molecule has 7 heteroatoms. The van der Waals surface area contributed by atoms with Gasteiger partial charge in [0.05, 0.1) is 6.54 Å². The summed E-state index contributed by atoms with van der Waals surface area (Å²) in [5, 5.41) is 30.1. The summed E-state index contributed by atoms with van der Waals surface area (Å²) in [7, 11) is 0. The monoisotopic (exact) mass is 596 g/mol. The Morgan fingerprint density at radius 1 is 0.476 bits per heavy atom. The lowest BCUT2D eigenvalue weighted by molar-refractivity contribution is -0.973. The van der Waals surface area contributed by atoms with Crippen LogP contribution in [0.25, 0.3) is 0 Å². The molecule has 3 unspecified atom stereocenters. The van der Waals surface area contributed by atoms with E-state index in [2.05, 4.69) is 19.1 Å². The van der Waals surface area contributed by atoms with Gasteiger partial charge in [0.25, 0.3) is 0 Å². The Kier molecular flexibility index (Phi) is 24.4. The molecule has 0 radical (unpaired) electrons. The summed E-state index contributed by atoms with van der Waals surface area (Å²) in [6.07, 6.45) is 28.4. The summed E-state index contributed by atoms with van der Waals surface area (Å²) in [6.45, 7) is 7.59. The minimum Gasteiger partial charge on any atom is -0.477 e. The SMILES string of the molecule is CC/C=C/CCCCCCCCCCCCCCCCCCC[N+](C(CC)C(=O)O)(C(CC)C(=O)O)C(CC)C(=O)O. The predicted octanol–water partition coefficient (Wildman–Crippen LogP) is 9.38. The van der Waals surface area contributed by atoms with E-state index < -0.39 is 40.5 Å². The molecule has 0 aliphatic rings. The Hall–Kier alpha value is -1.89. The van der Waals surface area contributed by atoms with Crippen molar-refractivity contribution in [3.8, 4) is 0 Å². The van der Waals surface area contributed by atoms with Gasteiger partial charge in [-0.1, -0.05) is 130 Å². The molecule has 0 fully saturated rings. The molecule has 3 atom stereocenters. The molecule has 3 N–H and O–H groups in total.